The summed E-state index contributed by atoms with van der Waals surface area (Å²) in [5.41, 5.74) is 0. The van der Waals surface area contributed by atoms with Gasteiger partial charge in [-0.3, -0.25) is 4.79 Å². The van der Waals surface area contributed by atoms with E-state index in [1.54, 1.807) is 6.08 Å². The molecule has 3 nitrogen and oxygen atoms in total. The number of carbonyl (C=O) groups is 1. The number of rotatable bonds is 1. The first-order valence-electron chi connectivity index (χ1n) is 4.15. The lowest BCUT2D eigenvalue weighted by atomic mass is 9.93. The predicted octanol–water partition coefficient (Wildman–Crippen LogP) is 0.875. The molecular formula is C9H14O3. The third-order valence-electron chi connectivity index (χ3n) is 2.15. The summed E-state index contributed by atoms with van der Waals surface area (Å²) < 4.78 is 5.02. The van der Waals surface area contributed by atoms with Crippen LogP contribution in [0.15, 0.2) is 12.2 Å². The molecule has 0 aromatic carbocycles. The zero-order valence-electron chi connectivity index (χ0n) is 7.36. The molecule has 1 rings (SSSR count). The van der Waals surface area contributed by atoms with Crippen LogP contribution in [0, 0.1) is 5.92 Å². The number of allylic oxidation sites excluding steroid dienone is 1. The second-order valence-corrected chi connectivity index (χ2v) is 3.11. The highest BCUT2D eigenvalue weighted by atomic mass is 16.5. The minimum absolute atomic E-state index is 0.00102. The van der Waals surface area contributed by atoms with Crippen LogP contribution in [0.2, 0.25) is 0 Å². The Morgan fingerprint density at radius 3 is 2.92 bits per heavy atom. The standard InChI is InChI=1S/C9H14O3/c1-3-4-8-6(2)7(10)5-9(11)12-8/h3-4,6-8,10H,5H2,1-2H3/b4-3+/t6-,7-,8-/m0/s1. The molecule has 68 valence electrons. The second kappa shape index (κ2) is 3.72. The highest BCUT2D eigenvalue weighted by Crippen LogP contribution is 2.22. The largest absolute Gasteiger partial charge is 0.458 e. The van der Waals surface area contributed by atoms with Crippen molar-refractivity contribution >= 4 is 5.97 Å². The Morgan fingerprint density at radius 1 is 1.67 bits per heavy atom. The first-order chi connectivity index (χ1) is 5.65. The average molecular weight is 170 g/mol. The fourth-order valence-electron chi connectivity index (χ4n) is 1.29. The molecule has 1 N–H and O–H groups in total. The topological polar surface area (TPSA) is 46.5 Å². The lowest BCUT2D eigenvalue weighted by Crippen LogP contribution is -2.39. The van der Waals surface area contributed by atoms with Crippen molar-refractivity contribution in [2.75, 3.05) is 0 Å². The van der Waals surface area contributed by atoms with Gasteiger partial charge in [-0.05, 0) is 13.0 Å². The number of ether oxygens (including phenoxy) is 1. The minimum Gasteiger partial charge on any atom is -0.458 e. The number of hydrogen-bond donors (Lipinski definition) is 1. The first-order valence-corrected chi connectivity index (χ1v) is 4.15. The van der Waals surface area contributed by atoms with Crippen molar-refractivity contribution in [3.05, 3.63) is 12.2 Å². The van der Waals surface area contributed by atoms with Crippen molar-refractivity contribution in [3.8, 4) is 0 Å². The summed E-state index contributed by atoms with van der Waals surface area (Å²) in [6, 6.07) is 0. The Balaban J connectivity index is 2.65. The van der Waals surface area contributed by atoms with Crippen LogP contribution in [0.3, 0.4) is 0 Å². The normalized spacial score (nSPS) is 36.9. The van der Waals surface area contributed by atoms with E-state index in [2.05, 4.69) is 0 Å². The second-order valence-electron chi connectivity index (χ2n) is 3.11. The van der Waals surface area contributed by atoms with Crippen LogP contribution in [0.4, 0.5) is 0 Å². The van der Waals surface area contributed by atoms with E-state index in [4.69, 9.17) is 4.74 Å². The van der Waals surface area contributed by atoms with Gasteiger partial charge >= 0.3 is 5.97 Å². The van der Waals surface area contributed by atoms with Gasteiger partial charge in [0.1, 0.15) is 6.10 Å². The molecular weight excluding hydrogens is 156 g/mol. The zero-order valence-corrected chi connectivity index (χ0v) is 7.36. The van der Waals surface area contributed by atoms with E-state index in [-0.39, 0.29) is 24.4 Å². The molecule has 1 saturated heterocycles. The summed E-state index contributed by atoms with van der Waals surface area (Å²) in [5.74, 6) is -0.317. The SMILES string of the molecule is C/C=C/[C@@H]1OC(=O)C[C@H](O)[C@@H]1C. The molecule has 0 unspecified atom stereocenters. The maximum Gasteiger partial charge on any atom is 0.309 e. The monoisotopic (exact) mass is 170 g/mol. The van der Waals surface area contributed by atoms with Gasteiger partial charge in [-0.2, -0.15) is 0 Å². The van der Waals surface area contributed by atoms with E-state index in [0.29, 0.717) is 0 Å². The van der Waals surface area contributed by atoms with Crippen molar-refractivity contribution in [2.24, 2.45) is 5.92 Å². The average Bonchev–Trinajstić information content (AvgIpc) is 2.00. The van der Waals surface area contributed by atoms with Crippen molar-refractivity contribution in [1.29, 1.82) is 0 Å². The van der Waals surface area contributed by atoms with Gasteiger partial charge < -0.3 is 9.84 Å². The molecule has 0 aromatic rings. The molecule has 0 bridgehead atoms. The number of aliphatic hydroxyl groups is 1. The molecule has 3 heteroatoms. The van der Waals surface area contributed by atoms with Crippen molar-refractivity contribution in [2.45, 2.75) is 32.5 Å². The summed E-state index contributed by atoms with van der Waals surface area (Å²) >= 11 is 0. The highest BCUT2D eigenvalue weighted by Gasteiger charge is 2.32. The van der Waals surface area contributed by atoms with E-state index in [1.807, 2.05) is 19.9 Å². The van der Waals surface area contributed by atoms with Crippen LogP contribution in [0.1, 0.15) is 20.3 Å². The molecule has 0 aromatic heterocycles. The van der Waals surface area contributed by atoms with Crippen molar-refractivity contribution < 1.29 is 14.6 Å². The lowest BCUT2D eigenvalue weighted by Gasteiger charge is -2.30. The van der Waals surface area contributed by atoms with Gasteiger partial charge in [0.2, 0.25) is 0 Å². The maximum absolute atomic E-state index is 10.9. The Hall–Kier alpha value is -0.830. The van der Waals surface area contributed by atoms with Gasteiger partial charge in [-0.15, -0.1) is 0 Å². The molecule has 0 amide bonds. The smallest absolute Gasteiger partial charge is 0.309 e. The van der Waals surface area contributed by atoms with Gasteiger partial charge in [0.15, 0.2) is 0 Å². The van der Waals surface area contributed by atoms with Gasteiger partial charge in [0.05, 0.1) is 12.5 Å². The maximum atomic E-state index is 10.9. The number of cyclic esters (lactones) is 1. The third kappa shape index (κ3) is 1.85. The zero-order chi connectivity index (χ0) is 9.14. The van der Waals surface area contributed by atoms with E-state index in [9.17, 15) is 9.90 Å². The third-order valence-corrected chi connectivity index (χ3v) is 2.15. The Kier molecular flexibility index (Phi) is 2.87. The van der Waals surface area contributed by atoms with Crippen LogP contribution in [0.5, 0.6) is 0 Å². The fourth-order valence-corrected chi connectivity index (χ4v) is 1.29. The predicted molar refractivity (Wildman–Crippen MR) is 44.5 cm³/mol. The van der Waals surface area contributed by atoms with E-state index in [0.717, 1.165) is 0 Å². The molecule has 1 aliphatic rings. The summed E-state index contributed by atoms with van der Waals surface area (Å²) in [6.45, 7) is 3.74. The summed E-state index contributed by atoms with van der Waals surface area (Å²) in [6.07, 6.45) is 2.92. The first kappa shape index (κ1) is 9.26. The molecule has 1 fully saturated rings. The quantitative estimate of drug-likeness (QED) is 0.469. The molecule has 0 radical (unpaired) electrons. The van der Waals surface area contributed by atoms with Crippen molar-refractivity contribution in [3.63, 3.8) is 0 Å². The van der Waals surface area contributed by atoms with E-state index < -0.39 is 6.10 Å². The summed E-state index contributed by atoms with van der Waals surface area (Å²) in [4.78, 5) is 10.9. The van der Waals surface area contributed by atoms with Crippen LogP contribution in [-0.4, -0.2) is 23.3 Å². The Morgan fingerprint density at radius 2 is 2.33 bits per heavy atom. The molecule has 1 aliphatic heterocycles. The fraction of sp³-hybridized carbons (Fsp3) is 0.667. The Bertz CT molecular complexity index is 198. The van der Waals surface area contributed by atoms with Crippen LogP contribution < -0.4 is 0 Å². The highest BCUT2D eigenvalue weighted by molar-refractivity contribution is 5.71. The number of aliphatic hydroxyl groups excluding tert-OH is 1. The molecule has 0 spiro atoms. The molecule has 12 heavy (non-hydrogen) atoms. The van der Waals surface area contributed by atoms with Crippen LogP contribution in [0.25, 0.3) is 0 Å². The molecule has 1 heterocycles. The van der Waals surface area contributed by atoms with Crippen LogP contribution in [-0.2, 0) is 9.53 Å². The molecule has 0 saturated carbocycles. The van der Waals surface area contributed by atoms with E-state index in [1.165, 1.54) is 0 Å². The lowest BCUT2D eigenvalue weighted by molar-refractivity contribution is -0.162. The number of hydrogen-bond acceptors (Lipinski definition) is 3. The minimum atomic E-state index is -0.563. The van der Waals surface area contributed by atoms with Gasteiger partial charge in [0.25, 0.3) is 0 Å². The van der Waals surface area contributed by atoms with E-state index >= 15 is 0 Å². The number of esters is 1. The van der Waals surface area contributed by atoms with Crippen molar-refractivity contribution in [1.82, 2.24) is 0 Å². The summed E-state index contributed by atoms with van der Waals surface area (Å²) in [7, 11) is 0. The molecule has 3 atom stereocenters. The summed E-state index contributed by atoms with van der Waals surface area (Å²) in [5, 5.41) is 9.41. The van der Waals surface area contributed by atoms with Crippen LogP contribution >= 0.6 is 0 Å². The van der Waals surface area contributed by atoms with Gasteiger partial charge in [-0.1, -0.05) is 13.0 Å². The van der Waals surface area contributed by atoms with Gasteiger partial charge in [0, 0.05) is 5.92 Å². The molecule has 0 aliphatic carbocycles. The van der Waals surface area contributed by atoms with Gasteiger partial charge in [-0.25, -0.2) is 0 Å². The Labute approximate surface area is 72.0 Å². The number of carbonyl (C=O) groups excluding carboxylic acids is 1.